The first kappa shape index (κ1) is 27.5. The minimum atomic E-state index is -1.38. The van der Waals surface area contributed by atoms with Crippen molar-refractivity contribution in [1.29, 1.82) is 5.26 Å². The molecule has 0 radical (unpaired) electrons. The van der Waals surface area contributed by atoms with Crippen LogP contribution in [0, 0.1) is 23.1 Å². The molecular weight excluding hydrogens is 583 g/mol. The third-order valence-electron chi connectivity index (χ3n) is 5.98. The summed E-state index contributed by atoms with van der Waals surface area (Å²) in [7, 11) is 0. The lowest BCUT2D eigenvalue weighted by molar-refractivity contribution is -0.117. The second kappa shape index (κ2) is 10.7. The largest absolute Gasteiger partial charge is 0.326 e. The maximum Gasteiger partial charge on any atom is 0.259 e. The number of hydrogen-bond acceptors (Lipinski definition) is 3. The van der Waals surface area contributed by atoms with Gasteiger partial charge >= 0.3 is 0 Å². The molecule has 0 aromatic heterocycles. The normalized spacial score (nSPS) is 17.6. The second-order valence-electron chi connectivity index (χ2n) is 8.34. The molecule has 3 aromatic rings. The van der Waals surface area contributed by atoms with E-state index < -0.39 is 33.8 Å². The quantitative estimate of drug-likeness (QED) is 0.293. The average Bonchev–Trinajstić information content (AvgIpc) is 3.42. The van der Waals surface area contributed by atoms with Gasteiger partial charge in [-0.25, -0.2) is 4.39 Å². The highest BCUT2D eigenvalue weighted by Gasteiger charge is 2.67. The standard InChI is InChI=1S/C26H17Cl5FN3O2/c1-2-35(21-6-3-17(32)9-14(21)12-33)25(37)19-11-18(4-5-20(19)29)34-24(36)23-22(26(23,30)31)13-7-15(27)10-16(28)8-13/h3-11,22-23H,2H2,1H3,(H,34,36). The molecule has 2 amide bonds. The highest BCUT2D eigenvalue weighted by atomic mass is 35.5. The molecule has 2 atom stereocenters. The fourth-order valence-electron chi connectivity index (χ4n) is 4.21. The van der Waals surface area contributed by atoms with Gasteiger partial charge in [-0.1, -0.05) is 34.8 Å². The molecule has 0 saturated heterocycles. The van der Waals surface area contributed by atoms with Crippen molar-refractivity contribution in [3.05, 3.63) is 92.2 Å². The van der Waals surface area contributed by atoms with Crippen molar-refractivity contribution in [3.8, 4) is 6.07 Å². The van der Waals surface area contributed by atoms with Gasteiger partial charge in [-0.2, -0.15) is 5.26 Å². The van der Waals surface area contributed by atoms with Crippen LogP contribution in [0.4, 0.5) is 15.8 Å². The van der Waals surface area contributed by atoms with Crippen molar-refractivity contribution in [2.24, 2.45) is 5.92 Å². The van der Waals surface area contributed by atoms with Crippen LogP contribution in [-0.4, -0.2) is 22.7 Å². The number of hydrogen-bond donors (Lipinski definition) is 1. The number of alkyl halides is 2. The minimum absolute atomic E-state index is 0.00256. The van der Waals surface area contributed by atoms with Crippen LogP contribution in [0.15, 0.2) is 54.6 Å². The maximum atomic E-state index is 13.6. The Balaban J connectivity index is 1.58. The van der Waals surface area contributed by atoms with Gasteiger partial charge in [-0.3, -0.25) is 9.59 Å². The van der Waals surface area contributed by atoms with Crippen LogP contribution in [0.1, 0.15) is 34.3 Å². The van der Waals surface area contributed by atoms with Crippen molar-refractivity contribution in [1.82, 2.24) is 0 Å². The van der Waals surface area contributed by atoms with E-state index in [4.69, 9.17) is 58.0 Å². The van der Waals surface area contributed by atoms with Gasteiger partial charge in [0.1, 0.15) is 16.2 Å². The van der Waals surface area contributed by atoms with Crippen molar-refractivity contribution < 1.29 is 14.0 Å². The number of nitrogens with zero attached hydrogens (tertiary/aromatic N) is 2. The number of rotatable bonds is 6. The summed E-state index contributed by atoms with van der Waals surface area (Å²) in [6.07, 6.45) is 0. The predicted molar refractivity (Wildman–Crippen MR) is 146 cm³/mol. The van der Waals surface area contributed by atoms with E-state index in [-0.39, 0.29) is 34.1 Å². The molecule has 3 aromatic carbocycles. The van der Waals surface area contributed by atoms with Crippen LogP contribution in [0.5, 0.6) is 0 Å². The first-order valence-electron chi connectivity index (χ1n) is 10.9. The predicted octanol–water partition coefficient (Wildman–Crippen LogP) is 7.85. The van der Waals surface area contributed by atoms with Crippen LogP contribution >= 0.6 is 58.0 Å². The number of carbonyl (C=O) groups is 2. The van der Waals surface area contributed by atoms with E-state index in [9.17, 15) is 19.2 Å². The lowest BCUT2D eigenvalue weighted by Crippen LogP contribution is -2.31. The van der Waals surface area contributed by atoms with Crippen molar-refractivity contribution >= 4 is 81.2 Å². The van der Waals surface area contributed by atoms with E-state index in [1.54, 1.807) is 25.1 Å². The van der Waals surface area contributed by atoms with Gasteiger partial charge in [0.2, 0.25) is 5.91 Å². The van der Waals surface area contributed by atoms with Crippen LogP contribution in [0.25, 0.3) is 0 Å². The Bertz CT molecular complexity index is 1440. The summed E-state index contributed by atoms with van der Waals surface area (Å²) in [5.74, 6) is -2.94. The Labute approximate surface area is 237 Å². The number of amides is 2. The van der Waals surface area contributed by atoms with Crippen molar-refractivity contribution in [3.63, 3.8) is 0 Å². The molecule has 1 aliphatic rings. The van der Waals surface area contributed by atoms with Gasteiger partial charge in [-0.05, 0) is 67.1 Å². The first-order valence-corrected chi connectivity index (χ1v) is 12.8. The number of nitrogens with one attached hydrogen (secondary N) is 1. The molecule has 1 fully saturated rings. The molecule has 37 heavy (non-hydrogen) atoms. The Hall–Kier alpha value is -2.53. The van der Waals surface area contributed by atoms with E-state index in [1.165, 1.54) is 29.2 Å². The lowest BCUT2D eigenvalue weighted by Gasteiger charge is -2.23. The monoisotopic (exact) mass is 597 g/mol. The van der Waals surface area contributed by atoms with Gasteiger partial charge in [0.15, 0.2) is 0 Å². The topological polar surface area (TPSA) is 73.2 Å². The molecule has 0 aliphatic heterocycles. The number of nitriles is 1. The highest BCUT2D eigenvalue weighted by molar-refractivity contribution is 6.53. The molecule has 0 heterocycles. The van der Waals surface area contributed by atoms with E-state index in [0.29, 0.717) is 15.6 Å². The van der Waals surface area contributed by atoms with Crippen molar-refractivity contribution in [2.45, 2.75) is 17.2 Å². The fourth-order valence-corrected chi connectivity index (χ4v) is 5.78. The lowest BCUT2D eigenvalue weighted by atomic mass is 10.1. The Kier molecular flexibility index (Phi) is 7.94. The van der Waals surface area contributed by atoms with Crippen molar-refractivity contribution in [2.75, 3.05) is 16.8 Å². The van der Waals surface area contributed by atoms with Crippen LogP contribution in [0.2, 0.25) is 15.1 Å². The van der Waals surface area contributed by atoms with Gasteiger partial charge < -0.3 is 10.2 Å². The Morgan fingerprint density at radius 3 is 2.35 bits per heavy atom. The molecule has 4 rings (SSSR count). The van der Waals surface area contributed by atoms with Gasteiger partial charge in [0.05, 0.1) is 27.8 Å². The molecule has 11 heteroatoms. The summed E-state index contributed by atoms with van der Waals surface area (Å²) >= 11 is 31.4. The van der Waals surface area contributed by atoms with E-state index in [0.717, 1.165) is 12.1 Å². The molecule has 5 nitrogen and oxygen atoms in total. The summed E-state index contributed by atoms with van der Waals surface area (Å²) in [4.78, 5) is 27.8. The summed E-state index contributed by atoms with van der Waals surface area (Å²) in [6.45, 7) is 1.89. The average molecular weight is 600 g/mol. The molecule has 1 N–H and O–H groups in total. The molecule has 1 aliphatic carbocycles. The zero-order valence-electron chi connectivity index (χ0n) is 19.0. The Morgan fingerprint density at radius 2 is 1.73 bits per heavy atom. The maximum absolute atomic E-state index is 13.6. The molecule has 0 spiro atoms. The molecule has 1 saturated carbocycles. The van der Waals surface area contributed by atoms with Crippen LogP contribution in [0.3, 0.4) is 0 Å². The number of benzene rings is 3. The fraction of sp³-hybridized carbons (Fsp3) is 0.192. The summed E-state index contributed by atoms with van der Waals surface area (Å²) in [5.41, 5.74) is 1.22. The summed E-state index contributed by atoms with van der Waals surface area (Å²) < 4.78 is 12.2. The summed E-state index contributed by atoms with van der Waals surface area (Å²) in [5, 5.41) is 13.0. The molecule has 2 unspecified atom stereocenters. The SMILES string of the molecule is CCN(C(=O)c1cc(NC(=O)C2C(c3cc(Cl)cc(Cl)c3)C2(Cl)Cl)ccc1Cl)c1ccc(F)cc1C#N. The third-order valence-corrected chi connectivity index (χ3v) is 7.68. The highest BCUT2D eigenvalue weighted by Crippen LogP contribution is 2.65. The molecule has 190 valence electrons. The van der Waals surface area contributed by atoms with Gasteiger partial charge in [-0.15, -0.1) is 23.2 Å². The second-order valence-corrected chi connectivity index (χ2v) is 11.1. The van der Waals surface area contributed by atoms with E-state index >= 15 is 0 Å². The zero-order valence-corrected chi connectivity index (χ0v) is 22.8. The number of halogens is 6. The summed E-state index contributed by atoms with van der Waals surface area (Å²) in [6, 6.07) is 14.7. The van der Waals surface area contributed by atoms with Crippen LogP contribution < -0.4 is 10.2 Å². The minimum Gasteiger partial charge on any atom is -0.326 e. The smallest absolute Gasteiger partial charge is 0.259 e. The number of carbonyl (C=O) groups excluding carboxylic acids is 2. The van der Waals surface area contributed by atoms with Gasteiger partial charge in [0, 0.05) is 28.2 Å². The zero-order chi connectivity index (χ0) is 27.1. The van der Waals surface area contributed by atoms with Crippen LogP contribution in [-0.2, 0) is 4.79 Å². The third kappa shape index (κ3) is 5.52. The van der Waals surface area contributed by atoms with Gasteiger partial charge in [0.25, 0.3) is 5.91 Å². The van der Waals surface area contributed by atoms with E-state index in [2.05, 4.69) is 5.32 Å². The number of anilines is 2. The molecular formula is C26H17Cl5FN3O2. The first-order chi connectivity index (χ1) is 17.5. The Morgan fingerprint density at radius 1 is 1.05 bits per heavy atom. The molecule has 0 bridgehead atoms. The van der Waals surface area contributed by atoms with E-state index in [1.807, 2.05) is 6.07 Å².